The number of ether oxygens (including phenoxy) is 1. The molecular weight excluding hydrogens is 472 g/mol. The van der Waals surface area contributed by atoms with Crippen molar-refractivity contribution in [2.45, 2.75) is 49.9 Å². The fourth-order valence-corrected chi connectivity index (χ4v) is 7.52. The normalized spacial score (nSPS) is 32.9. The molecule has 2 unspecified atom stereocenters. The number of carbonyl (C=O) groups is 1. The number of rotatable bonds is 5. The van der Waals surface area contributed by atoms with Crippen LogP contribution in [-0.4, -0.2) is 30.9 Å². The molecule has 178 valence electrons. The largest absolute Gasteiger partial charge is 0.426 e. The third kappa shape index (κ3) is 4.98. The molecule has 0 radical (unpaired) electrons. The van der Waals surface area contributed by atoms with E-state index in [4.69, 9.17) is 13.8 Å². The number of hydrogen-bond donors (Lipinski definition) is 3. The van der Waals surface area contributed by atoms with Crippen LogP contribution in [0.25, 0.3) is 0 Å². The minimum atomic E-state index is -5.07. The zero-order valence-corrected chi connectivity index (χ0v) is 19.4. The molecule has 1 aromatic heterocycles. The number of aromatic nitrogens is 1. The lowest BCUT2D eigenvalue weighted by atomic mass is 9.89. The Morgan fingerprint density at radius 3 is 2.27 bits per heavy atom. The van der Waals surface area contributed by atoms with Gasteiger partial charge in [-0.2, -0.15) is 0 Å². The van der Waals surface area contributed by atoms with Crippen LogP contribution >= 0.6 is 15.2 Å². The second-order valence-corrected chi connectivity index (χ2v) is 12.6. The van der Waals surface area contributed by atoms with E-state index in [2.05, 4.69) is 4.98 Å². The zero-order chi connectivity index (χ0) is 23.7. The lowest BCUT2D eigenvalue weighted by molar-refractivity contribution is -0.139. The molecule has 0 spiro atoms. The standard InChI is InChI=1S/C21H25NO9P2/c23-19(16-6-2-1-3-7-16)29-18-10-8-17(9-11-18)20-30-32(25,26)21(24,33(27,28)31-20)13-15-5-4-12-22-14-15/h4-5,8-12,14,16,20,24H,1-3,6-7,13H2,(H,25,26)(H,27,28). The second-order valence-electron chi connectivity index (χ2n) is 8.22. The summed E-state index contributed by atoms with van der Waals surface area (Å²) in [7, 11) is -10.1. The molecule has 10 nitrogen and oxygen atoms in total. The van der Waals surface area contributed by atoms with E-state index in [0.717, 1.165) is 32.1 Å². The van der Waals surface area contributed by atoms with Gasteiger partial charge in [-0.1, -0.05) is 37.5 Å². The van der Waals surface area contributed by atoms with Gasteiger partial charge in [0.15, 0.2) is 0 Å². The quantitative estimate of drug-likeness (QED) is 0.315. The first-order valence-electron chi connectivity index (χ1n) is 10.6. The lowest BCUT2D eigenvalue weighted by Crippen LogP contribution is -2.37. The van der Waals surface area contributed by atoms with Gasteiger partial charge in [-0.05, 0) is 36.6 Å². The van der Waals surface area contributed by atoms with Crippen molar-refractivity contribution in [1.29, 1.82) is 0 Å². The molecule has 2 aromatic rings. The second kappa shape index (κ2) is 9.39. The van der Waals surface area contributed by atoms with Gasteiger partial charge in [0, 0.05) is 24.4 Å². The fourth-order valence-electron chi connectivity index (χ4n) is 3.94. The van der Waals surface area contributed by atoms with Crippen LogP contribution in [0.5, 0.6) is 5.75 Å². The molecule has 2 fully saturated rings. The van der Waals surface area contributed by atoms with Gasteiger partial charge in [0.1, 0.15) is 5.75 Å². The van der Waals surface area contributed by atoms with Gasteiger partial charge in [0.25, 0.3) is 5.08 Å². The molecule has 2 aliphatic rings. The number of benzene rings is 1. The summed E-state index contributed by atoms with van der Waals surface area (Å²) in [5, 5.41) is 7.69. The summed E-state index contributed by atoms with van der Waals surface area (Å²) < 4.78 is 41.3. The smallest absolute Gasteiger partial charge is 0.374 e. The Labute approximate surface area is 190 Å². The van der Waals surface area contributed by atoms with Gasteiger partial charge in [-0.3, -0.25) is 28.0 Å². The molecule has 1 saturated heterocycles. The third-order valence-electron chi connectivity index (χ3n) is 5.86. The Bertz CT molecular complexity index is 1060. The summed E-state index contributed by atoms with van der Waals surface area (Å²) >= 11 is 0. The molecule has 0 amide bonds. The molecule has 33 heavy (non-hydrogen) atoms. The van der Waals surface area contributed by atoms with Crippen molar-refractivity contribution < 1.29 is 42.6 Å². The van der Waals surface area contributed by atoms with Gasteiger partial charge in [0.05, 0.1) is 5.92 Å². The maximum absolute atomic E-state index is 12.9. The van der Waals surface area contributed by atoms with Gasteiger partial charge in [-0.15, -0.1) is 0 Å². The number of pyridine rings is 1. The van der Waals surface area contributed by atoms with Crippen LogP contribution in [0, 0.1) is 5.92 Å². The van der Waals surface area contributed by atoms with Crippen molar-refractivity contribution in [3.05, 3.63) is 59.9 Å². The minimum Gasteiger partial charge on any atom is -0.426 e. The van der Waals surface area contributed by atoms with E-state index in [1.165, 1.54) is 48.8 Å². The molecule has 12 heteroatoms. The highest BCUT2D eigenvalue weighted by Gasteiger charge is 2.67. The Kier molecular flexibility index (Phi) is 6.90. The van der Waals surface area contributed by atoms with E-state index in [9.17, 15) is 28.8 Å². The van der Waals surface area contributed by atoms with Crippen LogP contribution in [0.4, 0.5) is 0 Å². The average molecular weight is 497 g/mol. The van der Waals surface area contributed by atoms with Crippen LogP contribution < -0.4 is 4.74 Å². The lowest BCUT2D eigenvalue weighted by Gasteiger charge is -2.41. The monoisotopic (exact) mass is 497 g/mol. The van der Waals surface area contributed by atoms with E-state index in [0.29, 0.717) is 0 Å². The zero-order valence-electron chi connectivity index (χ0n) is 17.6. The summed E-state index contributed by atoms with van der Waals surface area (Å²) in [5.41, 5.74) is 0.387. The van der Waals surface area contributed by atoms with Crippen LogP contribution in [0.2, 0.25) is 0 Å². The first-order valence-corrected chi connectivity index (χ1v) is 13.7. The van der Waals surface area contributed by atoms with E-state index < -0.39 is 33.0 Å². The van der Waals surface area contributed by atoms with Crippen LogP contribution in [-0.2, 0) is 29.4 Å². The fraction of sp³-hybridized carbons (Fsp3) is 0.429. The van der Waals surface area contributed by atoms with Crippen LogP contribution in [0.1, 0.15) is 49.5 Å². The first kappa shape index (κ1) is 24.2. The summed E-state index contributed by atoms with van der Waals surface area (Å²) in [4.78, 5) is 37.0. The van der Waals surface area contributed by atoms with Crippen molar-refractivity contribution in [3.8, 4) is 5.75 Å². The maximum Gasteiger partial charge on any atom is 0.374 e. The highest BCUT2D eigenvalue weighted by atomic mass is 31.2. The van der Waals surface area contributed by atoms with Gasteiger partial charge < -0.3 is 19.6 Å². The van der Waals surface area contributed by atoms with Crippen LogP contribution in [0.3, 0.4) is 0 Å². The Balaban J connectivity index is 1.49. The van der Waals surface area contributed by atoms with Crippen molar-refractivity contribution in [2.24, 2.45) is 5.92 Å². The van der Waals surface area contributed by atoms with E-state index >= 15 is 0 Å². The number of aliphatic hydroxyl groups is 1. The van der Waals surface area contributed by atoms with Crippen molar-refractivity contribution in [2.75, 3.05) is 0 Å². The molecule has 1 aromatic carbocycles. The molecule has 2 atom stereocenters. The molecule has 2 heterocycles. The molecule has 4 rings (SSSR count). The summed E-state index contributed by atoms with van der Waals surface area (Å²) in [5.74, 6) is -0.188. The van der Waals surface area contributed by atoms with Crippen LogP contribution in [0.15, 0.2) is 48.8 Å². The minimum absolute atomic E-state index is 0.138. The number of esters is 1. The van der Waals surface area contributed by atoms with E-state index in [-0.39, 0.29) is 28.8 Å². The van der Waals surface area contributed by atoms with Gasteiger partial charge in [0.2, 0.25) is 6.29 Å². The SMILES string of the molecule is O=C(Oc1ccc(C2OP(=O)(O)C(O)(Cc3cccnc3)P(=O)(O)O2)cc1)C1CCCCC1. The molecule has 1 aliphatic carbocycles. The van der Waals surface area contributed by atoms with E-state index in [1.807, 2.05) is 0 Å². The topological polar surface area (TPSA) is 152 Å². The predicted molar refractivity (Wildman–Crippen MR) is 116 cm³/mol. The molecule has 1 aliphatic heterocycles. The third-order valence-corrected chi connectivity index (χ3v) is 10.5. The summed E-state index contributed by atoms with van der Waals surface area (Å²) in [6.07, 6.45) is 5.05. The summed E-state index contributed by atoms with van der Waals surface area (Å²) in [6, 6.07) is 8.64. The van der Waals surface area contributed by atoms with Crippen molar-refractivity contribution >= 4 is 21.2 Å². The highest BCUT2D eigenvalue weighted by Crippen LogP contribution is 2.79. The first-order chi connectivity index (χ1) is 15.6. The number of nitrogens with zero attached hydrogens (tertiary/aromatic N) is 1. The highest BCUT2D eigenvalue weighted by molar-refractivity contribution is 7.73. The van der Waals surface area contributed by atoms with Crippen molar-refractivity contribution in [1.82, 2.24) is 4.98 Å². The summed E-state index contributed by atoms with van der Waals surface area (Å²) in [6.45, 7) is 0. The average Bonchev–Trinajstić information content (AvgIpc) is 2.79. The predicted octanol–water partition coefficient (Wildman–Crippen LogP) is 3.87. The maximum atomic E-state index is 12.9. The van der Waals surface area contributed by atoms with Gasteiger partial charge >= 0.3 is 21.2 Å². The van der Waals surface area contributed by atoms with Crippen molar-refractivity contribution in [3.63, 3.8) is 0 Å². The van der Waals surface area contributed by atoms with E-state index in [1.54, 1.807) is 0 Å². The number of hydrogen-bond acceptors (Lipinski definition) is 8. The Morgan fingerprint density at radius 2 is 1.70 bits per heavy atom. The molecule has 1 saturated carbocycles. The molecule has 0 bridgehead atoms. The Hall–Kier alpha value is -1.90. The Morgan fingerprint density at radius 1 is 1.06 bits per heavy atom. The molecular formula is C21H25NO9P2. The molecule has 3 N–H and O–H groups in total. The number of carbonyl (C=O) groups excluding carboxylic acids is 1. The van der Waals surface area contributed by atoms with Gasteiger partial charge in [-0.25, -0.2) is 0 Å².